The summed E-state index contributed by atoms with van der Waals surface area (Å²) in [6.07, 6.45) is 0. The smallest absolute Gasteiger partial charge is 0.243 e. The lowest BCUT2D eigenvalue weighted by Gasteiger charge is -2.26. The third kappa shape index (κ3) is 5.15. The number of ether oxygens (including phenoxy) is 1. The van der Waals surface area contributed by atoms with Crippen LogP contribution in [0.3, 0.4) is 0 Å². The number of nitrogens with zero attached hydrogens (tertiary/aromatic N) is 4. The zero-order chi connectivity index (χ0) is 22.8. The first-order valence-electron chi connectivity index (χ1n) is 10.3. The number of amides is 1. The van der Waals surface area contributed by atoms with Gasteiger partial charge in [0.15, 0.2) is 0 Å². The van der Waals surface area contributed by atoms with Crippen molar-refractivity contribution >= 4 is 62.2 Å². The van der Waals surface area contributed by atoms with Crippen molar-refractivity contribution in [3.05, 3.63) is 44.5 Å². The van der Waals surface area contributed by atoms with Gasteiger partial charge < -0.3 is 15.0 Å². The average Bonchev–Trinajstić information content (AvgIpc) is 3.04. The normalized spacial score (nSPS) is 14.7. The number of fused-ring (bicyclic) bond motifs is 1. The third-order valence-corrected chi connectivity index (χ3v) is 7.31. The van der Waals surface area contributed by atoms with Crippen molar-refractivity contribution in [2.75, 3.05) is 50.1 Å². The number of carbonyl (C=O) groups excluding carboxylic acids is 1. The zero-order valence-corrected chi connectivity index (χ0v) is 20.6. The van der Waals surface area contributed by atoms with E-state index in [1.807, 2.05) is 11.9 Å². The van der Waals surface area contributed by atoms with E-state index >= 15 is 0 Å². The Morgan fingerprint density at radius 1 is 1.22 bits per heavy atom. The molecule has 0 saturated carbocycles. The van der Waals surface area contributed by atoms with E-state index < -0.39 is 0 Å². The Morgan fingerprint density at radius 3 is 2.69 bits per heavy atom. The van der Waals surface area contributed by atoms with Gasteiger partial charge >= 0.3 is 0 Å². The largest absolute Gasteiger partial charge is 0.379 e. The molecule has 1 amide bonds. The second kappa shape index (κ2) is 9.89. The summed E-state index contributed by atoms with van der Waals surface area (Å²) in [6.45, 7) is 8.13. The molecular weight excluding hydrogens is 469 g/mol. The summed E-state index contributed by atoms with van der Waals surface area (Å²) in [5.41, 5.74) is 1.75. The molecule has 0 aliphatic carbocycles. The van der Waals surface area contributed by atoms with Crippen LogP contribution in [0, 0.1) is 13.8 Å². The Kier molecular flexibility index (Phi) is 7.17. The van der Waals surface area contributed by atoms with Crippen molar-refractivity contribution in [3.63, 3.8) is 0 Å². The van der Waals surface area contributed by atoms with Crippen LogP contribution in [0.2, 0.25) is 10.0 Å². The fourth-order valence-corrected chi connectivity index (χ4v) is 4.98. The first-order chi connectivity index (χ1) is 15.3. The number of halogens is 2. The molecule has 0 bridgehead atoms. The van der Waals surface area contributed by atoms with Gasteiger partial charge in [-0.15, -0.1) is 11.3 Å². The molecule has 1 saturated heterocycles. The molecular formula is C22H25Cl2N5O2S. The molecule has 0 atom stereocenters. The highest BCUT2D eigenvalue weighted by molar-refractivity contribution is 7.18. The van der Waals surface area contributed by atoms with Gasteiger partial charge in [0.1, 0.15) is 16.5 Å². The number of anilines is 2. The lowest BCUT2D eigenvalue weighted by molar-refractivity contribution is -0.114. The number of aromatic nitrogens is 2. The van der Waals surface area contributed by atoms with E-state index in [2.05, 4.69) is 24.1 Å². The zero-order valence-electron chi connectivity index (χ0n) is 18.2. The molecule has 170 valence electrons. The molecule has 0 unspecified atom stereocenters. The number of morpholine rings is 1. The maximum Gasteiger partial charge on any atom is 0.243 e. The van der Waals surface area contributed by atoms with Crippen LogP contribution in [0.25, 0.3) is 10.2 Å². The number of benzene rings is 1. The second-order valence-electron chi connectivity index (χ2n) is 7.85. The predicted molar refractivity (Wildman–Crippen MR) is 131 cm³/mol. The van der Waals surface area contributed by atoms with Crippen LogP contribution in [-0.2, 0) is 16.1 Å². The fraction of sp³-hybridized carbons (Fsp3) is 0.409. The highest BCUT2D eigenvalue weighted by Crippen LogP contribution is 2.35. The van der Waals surface area contributed by atoms with Crippen LogP contribution in [0.4, 0.5) is 11.5 Å². The average molecular weight is 494 g/mol. The van der Waals surface area contributed by atoms with Crippen molar-refractivity contribution in [2.45, 2.75) is 20.4 Å². The van der Waals surface area contributed by atoms with Crippen molar-refractivity contribution in [1.82, 2.24) is 14.9 Å². The van der Waals surface area contributed by atoms with Gasteiger partial charge in [-0.05, 0) is 37.6 Å². The minimum atomic E-state index is -0.169. The summed E-state index contributed by atoms with van der Waals surface area (Å²) >= 11 is 13.7. The lowest BCUT2D eigenvalue weighted by atomic mass is 10.2. The number of aryl methyl sites for hydroxylation is 2. The summed E-state index contributed by atoms with van der Waals surface area (Å²) in [4.78, 5) is 28.7. The number of thiophene rings is 1. The van der Waals surface area contributed by atoms with Crippen molar-refractivity contribution in [1.29, 1.82) is 0 Å². The Bertz CT molecular complexity index is 1150. The number of carbonyl (C=O) groups is 1. The minimum Gasteiger partial charge on any atom is -0.379 e. The van der Waals surface area contributed by atoms with Crippen LogP contribution in [-0.4, -0.2) is 60.7 Å². The number of likely N-dealkylation sites (N-methyl/N-ethyl adjacent to an activating group) is 1. The van der Waals surface area contributed by atoms with Crippen LogP contribution < -0.4 is 10.2 Å². The van der Waals surface area contributed by atoms with E-state index in [0.717, 1.165) is 53.7 Å². The quantitative estimate of drug-likeness (QED) is 0.544. The molecule has 1 N–H and O–H groups in total. The molecule has 2 aromatic heterocycles. The maximum atomic E-state index is 12.7. The molecule has 3 heterocycles. The van der Waals surface area contributed by atoms with Gasteiger partial charge in [0.2, 0.25) is 5.91 Å². The van der Waals surface area contributed by atoms with Crippen molar-refractivity contribution < 1.29 is 9.53 Å². The summed E-state index contributed by atoms with van der Waals surface area (Å²) in [5.74, 6) is 1.36. The molecule has 1 aliphatic heterocycles. The molecule has 0 spiro atoms. The van der Waals surface area contributed by atoms with Crippen LogP contribution in [0.1, 0.15) is 16.3 Å². The molecule has 32 heavy (non-hydrogen) atoms. The summed E-state index contributed by atoms with van der Waals surface area (Å²) in [5, 5.41) is 4.72. The van der Waals surface area contributed by atoms with Crippen LogP contribution in [0.15, 0.2) is 18.2 Å². The molecule has 0 radical (unpaired) electrons. The van der Waals surface area contributed by atoms with Gasteiger partial charge in [0.05, 0.1) is 41.7 Å². The van der Waals surface area contributed by atoms with E-state index in [1.54, 1.807) is 29.5 Å². The van der Waals surface area contributed by atoms with Gasteiger partial charge in [-0.25, -0.2) is 9.97 Å². The predicted octanol–water partition coefficient (Wildman–Crippen LogP) is 4.52. The standard InChI is InChI=1S/C22H25Cl2N5O2S/c1-13-14(2)32-22-20(13)21(26-18(27-22)11-29-6-8-31-9-7-29)28(3)12-19(30)25-15-4-5-16(23)17(24)10-15/h4-5,10H,6-9,11-12H2,1-3H3,(H,25,30). The SMILES string of the molecule is Cc1sc2nc(CN3CCOCC3)nc(N(C)CC(=O)Nc3ccc(Cl)c(Cl)c3)c2c1C. The van der Waals surface area contributed by atoms with E-state index in [1.165, 1.54) is 4.88 Å². The van der Waals surface area contributed by atoms with E-state index in [-0.39, 0.29) is 12.5 Å². The molecule has 1 aliphatic rings. The lowest BCUT2D eigenvalue weighted by Crippen LogP contribution is -2.36. The van der Waals surface area contributed by atoms with Gasteiger partial charge in [-0.3, -0.25) is 9.69 Å². The number of nitrogens with one attached hydrogen (secondary N) is 1. The summed E-state index contributed by atoms with van der Waals surface area (Å²) in [6, 6.07) is 5.02. The Labute approximate surface area is 201 Å². The van der Waals surface area contributed by atoms with Gasteiger partial charge in [-0.2, -0.15) is 0 Å². The Hall–Kier alpha value is -1.97. The van der Waals surface area contributed by atoms with Crippen molar-refractivity contribution in [2.24, 2.45) is 0 Å². The van der Waals surface area contributed by atoms with Gasteiger partial charge in [0.25, 0.3) is 0 Å². The van der Waals surface area contributed by atoms with Crippen molar-refractivity contribution in [3.8, 4) is 0 Å². The van der Waals surface area contributed by atoms with Gasteiger partial charge in [0, 0.05) is 30.7 Å². The monoisotopic (exact) mass is 493 g/mol. The number of rotatable bonds is 6. The first kappa shape index (κ1) is 23.2. The van der Waals surface area contributed by atoms with E-state index in [4.69, 9.17) is 37.9 Å². The highest BCUT2D eigenvalue weighted by Gasteiger charge is 2.21. The Morgan fingerprint density at radius 2 is 1.97 bits per heavy atom. The summed E-state index contributed by atoms with van der Waals surface area (Å²) < 4.78 is 5.45. The second-order valence-corrected chi connectivity index (χ2v) is 9.87. The topological polar surface area (TPSA) is 70.6 Å². The maximum absolute atomic E-state index is 12.7. The third-order valence-electron chi connectivity index (χ3n) is 5.47. The summed E-state index contributed by atoms with van der Waals surface area (Å²) in [7, 11) is 1.88. The molecule has 1 aromatic carbocycles. The van der Waals surface area contributed by atoms with Crippen LogP contribution >= 0.6 is 34.5 Å². The Balaban J connectivity index is 1.57. The first-order valence-corrected chi connectivity index (χ1v) is 11.9. The molecule has 3 aromatic rings. The van der Waals surface area contributed by atoms with Crippen LogP contribution in [0.5, 0.6) is 0 Å². The molecule has 10 heteroatoms. The highest BCUT2D eigenvalue weighted by atomic mass is 35.5. The number of hydrogen-bond donors (Lipinski definition) is 1. The van der Waals surface area contributed by atoms with E-state index in [0.29, 0.717) is 22.3 Å². The molecule has 7 nitrogen and oxygen atoms in total. The molecule has 4 rings (SSSR count). The van der Waals surface area contributed by atoms with E-state index in [9.17, 15) is 4.79 Å². The fourth-order valence-electron chi connectivity index (χ4n) is 3.64. The van der Waals surface area contributed by atoms with Gasteiger partial charge in [-0.1, -0.05) is 23.2 Å². The minimum absolute atomic E-state index is 0.137. The molecule has 1 fully saturated rings. The number of hydrogen-bond acceptors (Lipinski definition) is 7.